The molecule has 0 aromatic carbocycles. The molecule has 0 aromatic heterocycles. The normalized spacial score (nSPS) is 24.3. The monoisotopic (exact) mass is 457 g/mol. The number of nitrogens with one attached hydrogen (secondary N) is 2. The van der Waals surface area contributed by atoms with Crippen molar-refractivity contribution in [2.45, 2.75) is 52.1 Å². The Bertz CT molecular complexity index is 345. The highest BCUT2D eigenvalue weighted by Crippen LogP contribution is 2.36. The van der Waals surface area contributed by atoms with Gasteiger partial charge in [0.1, 0.15) is 0 Å². The first-order valence-electron chi connectivity index (χ1n) is 8.89. The molecular formula is C17H36IN3O3. The van der Waals surface area contributed by atoms with E-state index in [9.17, 15) is 5.11 Å². The Kier molecular flexibility index (Phi) is 14.0. The molecule has 1 fully saturated rings. The Morgan fingerprint density at radius 3 is 2.71 bits per heavy atom. The summed E-state index contributed by atoms with van der Waals surface area (Å²) in [4.78, 5) is 4.68. The van der Waals surface area contributed by atoms with E-state index in [4.69, 9.17) is 9.47 Å². The Morgan fingerprint density at radius 2 is 2.04 bits per heavy atom. The molecule has 0 aliphatic heterocycles. The summed E-state index contributed by atoms with van der Waals surface area (Å²) in [7, 11) is 1.67. The third-order valence-electron chi connectivity index (χ3n) is 4.41. The summed E-state index contributed by atoms with van der Waals surface area (Å²) < 4.78 is 10.4. The van der Waals surface area contributed by atoms with Crippen molar-refractivity contribution in [2.24, 2.45) is 10.4 Å². The standard InChI is InChI=1S/C17H35N3O3.HI/c1-4-18-16(19-10-7-11-23-13-12-22-3)20-14-17(2)9-6-5-8-15(17)21;/h15,21H,4-14H2,1-3H3,(H2,18,19,20);1H. The minimum atomic E-state index is -0.239. The van der Waals surface area contributed by atoms with Gasteiger partial charge in [-0.1, -0.05) is 19.8 Å². The highest BCUT2D eigenvalue weighted by molar-refractivity contribution is 14.0. The minimum Gasteiger partial charge on any atom is -0.392 e. The molecule has 3 N–H and O–H groups in total. The van der Waals surface area contributed by atoms with Gasteiger partial charge in [0.05, 0.1) is 25.9 Å². The summed E-state index contributed by atoms with van der Waals surface area (Å²) in [6.45, 7) is 8.50. The lowest BCUT2D eigenvalue weighted by atomic mass is 9.73. The molecule has 0 spiro atoms. The van der Waals surface area contributed by atoms with Gasteiger partial charge in [-0.2, -0.15) is 0 Å². The van der Waals surface area contributed by atoms with Gasteiger partial charge in [-0.25, -0.2) is 0 Å². The van der Waals surface area contributed by atoms with Crippen LogP contribution in [0.25, 0.3) is 0 Å². The van der Waals surface area contributed by atoms with E-state index < -0.39 is 0 Å². The van der Waals surface area contributed by atoms with Crippen LogP contribution in [0.4, 0.5) is 0 Å². The topological polar surface area (TPSA) is 75.1 Å². The second kappa shape index (κ2) is 14.1. The quantitative estimate of drug-likeness (QED) is 0.203. The van der Waals surface area contributed by atoms with Gasteiger partial charge < -0.3 is 25.2 Å². The highest BCUT2D eigenvalue weighted by Gasteiger charge is 2.35. The van der Waals surface area contributed by atoms with Crippen molar-refractivity contribution in [3.63, 3.8) is 0 Å². The van der Waals surface area contributed by atoms with Gasteiger partial charge in [0, 0.05) is 32.2 Å². The predicted octanol–water partition coefficient (Wildman–Crippen LogP) is 2.15. The average molecular weight is 457 g/mol. The molecule has 0 heterocycles. The second-order valence-corrected chi connectivity index (χ2v) is 6.50. The Morgan fingerprint density at radius 1 is 1.25 bits per heavy atom. The van der Waals surface area contributed by atoms with Crippen molar-refractivity contribution in [1.82, 2.24) is 10.6 Å². The molecule has 0 aromatic rings. The van der Waals surface area contributed by atoms with Gasteiger partial charge >= 0.3 is 0 Å². The van der Waals surface area contributed by atoms with Crippen LogP contribution in [0.15, 0.2) is 4.99 Å². The molecule has 24 heavy (non-hydrogen) atoms. The van der Waals surface area contributed by atoms with Gasteiger partial charge in [0.15, 0.2) is 5.96 Å². The van der Waals surface area contributed by atoms with Gasteiger partial charge in [-0.3, -0.25) is 4.99 Å². The van der Waals surface area contributed by atoms with E-state index >= 15 is 0 Å². The molecule has 6 nitrogen and oxygen atoms in total. The van der Waals surface area contributed by atoms with E-state index in [1.165, 1.54) is 6.42 Å². The highest BCUT2D eigenvalue weighted by atomic mass is 127. The summed E-state index contributed by atoms with van der Waals surface area (Å²) >= 11 is 0. The van der Waals surface area contributed by atoms with E-state index in [0.29, 0.717) is 26.4 Å². The molecule has 1 aliphatic carbocycles. The summed E-state index contributed by atoms with van der Waals surface area (Å²) in [6, 6.07) is 0. The van der Waals surface area contributed by atoms with Crippen molar-refractivity contribution in [3.8, 4) is 0 Å². The van der Waals surface area contributed by atoms with Crippen LogP contribution < -0.4 is 10.6 Å². The average Bonchev–Trinajstić information content (AvgIpc) is 2.54. The summed E-state index contributed by atoms with van der Waals surface area (Å²) in [6.07, 6.45) is 4.94. The maximum Gasteiger partial charge on any atom is 0.191 e. The van der Waals surface area contributed by atoms with E-state index in [2.05, 4.69) is 29.5 Å². The fourth-order valence-corrected chi connectivity index (χ4v) is 2.79. The molecule has 0 radical (unpaired) electrons. The third-order valence-corrected chi connectivity index (χ3v) is 4.41. The van der Waals surface area contributed by atoms with Crippen LogP contribution in [-0.2, 0) is 9.47 Å². The number of hydrogen-bond donors (Lipinski definition) is 3. The Labute approximate surface area is 164 Å². The van der Waals surface area contributed by atoms with E-state index in [0.717, 1.165) is 44.7 Å². The van der Waals surface area contributed by atoms with Crippen LogP contribution in [-0.4, -0.2) is 63.7 Å². The number of nitrogens with zero attached hydrogens (tertiary/aromatic N) is 1. The van der Waals surface area contributed by atoms with Crippen LogP contribution in [0.2, 0.25) is 0 Å². The second-order valence-electron chi connectivity index (χ2n) is 6.50. The number of aliphatic hydroxyl groups excluding tert-OH is 1. The first-order chi connectivity index (χ1) is 11.1. The number of guanidine groups is 1. The maximum atomic E-state index is 10.3. The fraction of sp³-hybridized carbons (Fsp3) is 0.941. The minimum absolute atomic E-state index is 0. The van der Waals surface area contributed by atoms with Gasteiger partial charge in [-0.05, 0) is 26.2 Å². The van der Waals surface area contributed by atoms with Gasteiger partial charge in [0.2, 0.25) is 0 Å². The molecule has 2 atom stereocenters. The zero-order chi connectivity index (χ0) is 17.0. The molecular weight excluding hydrogens is 421 g/mol. The van der Waals surface area contributed by atoms with Crippen LogP contribution in [0.1, 0.15) is 46.0 Å². The molecule has 2 unspecified atom stereocenters. The van der Waals surface area contributed by atoms with Crippen molar-refractivity contribution in [2.75, 3.05) is 46.6 Å². The van der Waals surface area contributed by atoms with E-state index in [1.54, 1.807) is 7.11 Å². The molecule has 1 saturated carbocycles. The molecule has 144 valence electrons. The fourth-order valence-electron chi connectivity index (χ4n) is 2.79. The molecule has 1 rings (SSSR count). The maximum absolute atomic E-state index is 10.3. The number of halogens is 1. The SMILES string of the molecule is CCNC(=NCC1(C)CCCCC1O)NCCCOCCOC.I. The van der Waals surface area contributed by atoms with Gasteiger partial charge in [-0.15, -0.1) is 24.0 Å². The van der Waals surface area contributed by atoms with Crippen LogP contribution in [0, 0.1) is 5.41 Å². The number of aliphatic imine (C=N–C) groups is 1. The predicted molar refractivity (Wildman–Crippen MR) is 109 cm³/mol. The van der Waals surface area contributed by atoms with Crippen molar-refractivity contribution in [1.29, 1.82) is 0 Å². The Balaban J connectivity index is 0.00000529. The molecule has 0 saturated heterocycles. The third kappa shape index (κ3) is 9.39. The lowest BCUT2D eigenvalue weighted by Crippen LogP contribution is -2.42. The first-order valence-corrected chi connectivity index (χ1v) is 8.89. The smallest absolute Gasteiger partial charge is 0.191 e. The van der Waals surface area contributed by atoms with Crippen LogP contribution in [0.5, 0.6) is 0 Å². The zero-order valence-electron chi connectivity index (χ0n) is 15.5. The Hall–Kier alpha value is -0.120. The van der Waals surface area contributed by atoms with Crippen molar-refractivity contribution >= 4 is 29.9 Å². The van der Waals surface area contributed by atoms with Crippen molar-refractivity contribution < 1.29 is 14.6 Å². The molecule has 1 aliphatic rings. The first kappa shape index (κ1) is 23.9. The van der Waals surface area contributed by atoms with E-state index in [-0.39, 0.29) is 35.5 Å². The molecule has 0 bridgehead atoms. The lowest BCUT2D eigenvalue weighted by molar-refractivity contribution is 0.00716. The number of methoxy groups -OCH3 is 1. The van der Waals surface area contributed by atoms with Crippen LogP contribution >= 0.6 is 24.0 Å². The summed E-state index contributed by atoms with van der Waals surface area (Å²) in [5, 5.41) is 16.8. The number of rotatable bonds is 10. The molecule has 7 heteroatoms. The largest absolute Gasteiger partial charge is 0.392 e. The van der Waals surface area contributed by atoms with E-state index in [1.807, 2.05) is 0 Å². The lowest BCUT2D eigenvalue weighted by Gasteiger charge is -2.37. The number of aliphatic hydroxyl groups is 1. The number of ether oxygens (including phenoxy) is 2. The zero-order valence-corrected chi connectivity index (χ0v) is 17.8. The molecule has 0 amide bonds. The summed E-state index contributed by atoms with van der Waals surface area (Å²) in [5.41, 5.74) is -0.0934. The number of hydrogen-bond acceptors (Lipinski definition) is 4. The van der Waals surface area contributed by atoms with Crippen molar-refractivity contribution in [3.05, 3.63) is 0 Å². The summed E-state index contributed by atoms with van der Waals surface area (Å²) in [5.74, 6) is 0.823. The van der Waals surface area contributed by atoms with Crippen LogP contribution in [0.3, 0.4) is 0 Å². The van der Waals surface area contributed by atoms with Gasteiger partial charge in [0.25, 0.3) is 0 Å².